The number of carbonyl (C=O) groups is 1. The van der Waals surface area contributed by atoms with Crippen LogP contribution >= 0.6 is 0 Å². The van der Waals surface area contributed by atoms with E-state index in [2.05, 4.69) is 0 Å². The van der Waals surface area contributed by atoms with E-state index in [0.29, 0.717) is 56.8 Å². The minimum atomic E-state index is -1.09. The lowest BCUT2D eigenvalue weighted by atomic mass is 9.73. The molecule has 10 nitrogen and oxygen atoms in total. The standard InChI is InChI=1S/C28H24N2O8/c1-34-22-8-14(9-23(35-2)27(22)36-3)24-17-10-20-21(38-13-37-20)11-18(17)26-19(25(24)28(32)33)12-30(29-26)15-4-6-16(31)7-5-15/h4-11,18,31H,12-13H2,1-3H3,(H,32,33). The van der Waals surface area contributed by atoms with E-state index < -0.39 is 5.97 Å². The number of anilines is 1. The lowest BCUT2D eigenvalue weighted by Gasteiger charge is -2.29. The van der Waals surface area contributed by atoms with Gasteiger partial charge in [-0.1, -0.05) is 0 Å². The number of carboxylic acids is 1. The number of hydrogen-bond donors (Lipinski definition) is 2. The Morgan fingerprint density at radius 3 is 2.34 bits per heavy atom. The highest BCUT2D eigenvalue weighted by molar-refractivity contribution is 6.22. The molecule has 2 N–H and O–H groups in total. The van der Waals surface area contributed by atoms with Crippen molar-refractivity contribution in [3.8, 4) is 23.0 Å². The third-order valence-corrected chi connectivity index (χ3v) is 6.91. The van der Waals surface area contributed by atoms with Crippen molar-refractivity contribution in [3.05, 3.63) is 82.4 Å². The molecule has 2 aromatic carbocycles. The Hall–Kier alpha value is -4.86. The summed E-state index contributed by atoms with van der Waals surface area (Å²) in [5.74, 6) is 0.979. The van der Waals surface area contributed by atoms with E-state index in [9.17, 15) is 15.0 Å². The van der Waals surface area contributed by atoms with Gasteiger partial charge in [-0.25, -0.2) is 4.79 Å². The largest absolute Gasteiger partial charge is 0.508 e. The van der Waals surface area contributed by atoms with Gasteiger partial charge in [-0.05, 0) is 59.7 Å². The highest BCUT2D eigenvalue weighted by Crippen LogP contribution is 2.49. The maximum absolute atomic E-state index is 12.9. The zero-order valence-electron chi connectivity index (χ0n) is 20.8. The molecule has 1 fully saturated rings. The molecule has 6 rings (SSSR count). The van der Waals surface area contributed by atoms with Crippen LogP contribution in [0.1, 0.15) is 5.56 Å². The number of hydrazone groups is 1. The number of hydrogen-bond acceptors (Lipinski definition) is 9. The zero-order valence-corrected chi connectivity index (χ0v) is 20.8. The molecule has 2 aromatic rings. The molecule has 2 aliphatic heterocycles. The Labute approximate surface area is 217 Å². The molecule has 4 aliphatic rings. The maximum Gasteiger partial charge on any atom is 0.336 e. The smallest absolute Gasteiger partial charge is 0.336 e. The Morgan fingerprint density at radius 2 is 1.71 bits per heavy atom. The number of allylic oxidation sites excluding steroid dienone is 3. The number of aromatic hydroxyl groups is 1. The molecule has 0 amide bonds. The number of phenols is 1. The number of fused-ring (bicyclic) bond motifs is 4. The summed E-state index contributed by atoms with van der Waals surface area (Å²) in [6, 6.07) is 10.1. The molecule has 0 aromatic heterocycles. The van der Waals surface area contributed by atoms with Crippen molar-refractivity contribution in [1.29, 1.82) is 0 Å². The number of ether oxygens (including phenoxy) is 5. The zero-order chi connectivity index (χ0) is 26.6. The van der Waals surface area contributed by atoms with Crippen LogP contribution in [-0.2, 0) is 14.3 Å². The van der Waals surface area contributed by atoms with E-state index in [-0.39, 0.29) is 30.6 Å². The Kier molecular flexibility index (Phi) is 5.52. The van der Waals surface area contributed by atoms with Gasteiger partial charge in [-0.15, -0.1) is 0 Å². The highest BCUT2D eigenvalue weighted by atomic mass is 16.7. The van der Waals surface area contributed by atoms with Gasteiger partial charge in [0.1, 0.15) is 5.75 Å². The number of nitrogens with zero attached hydrogens (tertiary/aromatic N) is 2. The molecule has 2 aliphatic carbocycles. The normalized spacial score (nSPS) is 19.4. The monoisotopic (exact) mass is 516 g/mol. The van der Waals surface area contributed by atoms with Crippen molar-refractivity contribution >= 4 is 22.9 Å². The molecular weight excluding hydrogens is 492 g/mol. The number of carboxylic acid groups (broad SMARTS) is 1. The first-order valence-electron chi connectivity index (χ1n) is 11.8. The van der Waals surface area contributed by atoms with Crippen LogP contribution in [0.2, 0.25) is 0 Å². The molecule has 0 bridgehead atoms. The fraction of sp³-hybridized carbons (Fsp3) is 0.214. The van der Waals surface area contributed by atoms with Gasteiger partial charge in [-0.3, -0.25) is 5.01 Å². The number of benzene rings is 2. The summed E-state index contributed by atoms with van der Waals surface area (Å²) < 4.78 is 27.9. The van der Waals surface area contributed by atoms with Gasteiger partial charge >= 0.3 is 5.97 Å². The fourth-order valence-corrected chi connectivity index (χ4v) is 5.22. The molecule has 2 heterocycles. The molecule has 0 radical (unpaired) electrons. The average Bonchev–Trinajstić information content (AvgIpc) is 3.57. The van der Waals surface area contributed by atoms with Crippen LogP contribution in [0.3, 0.4) is 0 Å². The highest BCUT2D eigenvalue weighted by Gasteiger charge is 2.43. The summed E-state index contributed by atoms with van der Waals surface area (Å²) >= 11 is 0. The molecule has 38 heavy (non-hydrogen) atoms. The van der Waals surface area contributed by atoms with Crippen LogP contribution in [-0.4, -0.2) is 56.6 Å². The van der Waals surface area contributed by atoms with Crippen molar-refractivity contribution in [2.75, 3.05) is 39.7 Å². The van der Waals surface area contributed by atoms with Crippen molar-refractivity contribution in [2.24, 2.45) is 11.0 Å². The Balaban J connectivity index is 1.60. The number of aliphatic carboxylic acids is 1. The minimum Gasteiger partial charge on any atom is -0.508 e. The summed E-state index contributed by atoms with van der Waals surface area (Å²) in [6.07, 6.45) is 3.73. The van der Waals surface area contributed by atoms with Crippen LogP contribution in [0, 0.1) is 5.92 Å². The van der Waals surface area contributed by atoms with Crippen molar-refractivity contribution in [3.63, 3.8) is 0 Å². The first kappa shape index (κ1) is 23.5. The average molecular weight is 517 g/mol. The predicted molar refractivity (Wildman–Crippen MR) is 137 cm³/mol. The SMILES string of the molecule is COc1cc(C2=C3C=C4OCOC4=CC3C3=NN(c4ccc(O)cc4)CC3=C2C(=O)O)cc(OC)c1OC. The lowest BCUT2D eigenvalue weighted by Crippen LogP contribution is -2.28. The summed E-state index contributed by atoms with van der Waals surface area (Å²) in [5, 5.41) is 26.9. The van der Waals surface area contributed by atoms with Crippen molar-refractivity contribution in [2.45, 2.75) is 0 Å². The maximum atomic E-state index is 12.9. The van der Waals surface area contributed by atoms with Crippen LogP contribution in [0.25, 0.3) is 5.57 Å². The quantitative estimate of drug-likeness (QED) is 0.590. The lowest BCUT2D eigenvalue weighted by molar-refractivity contribution is -0.132. The van der Waals surface area contributed by atoms with Gasteiger partial charge < -0.3 is 33.9 Å². The van der Waals surface area contributed by atoms with E-state index in [1.165, 1.54) is 21.3 Å². The topological polar surface area (TPSA) is 119 Å². The van der Waals surface area contributed by atoms with E-state index in [0.717, 1.165) is 5.69 Å². The number of methoxy groups -OCH3 is 3. The van der Waals surface area contributed by atoms with E-state index >= 15 is 0 Å². The fourth-order valence-electron chi connectivity index (χ4n) is 5.22. The van der Waals surface area contributed by atoms with Gasteiger partial charge in [0.25, 0.3) is 0 Å². The predicted octanol–water partition coefficient (Wildman–Crippen LogP) is 3.84. The summed E-state index contributed by atoms with van der Waals surface area (Å²) in [6.45, 7) is 0.311. The summed E-state index contributed by atoms with van der Waals surface area (Å²) in [5.41, 5.74) is 3.82. The first-order valence-corrected chi connectivity index (χ1v) is 11.8. The van der Waals surface area contributed by atoms with Crippen LogP contribution in [0.15, 0.2) is 81.9 Å². The third-order valence-electron chi connectivity index (χ3n) is 6.91. The van der Waals surface area contributed by atoms with E-state index in [1.807, 2.05) is 12.2 Å². The minimum absolute atomic E-state index is 0.0787. The number of phenolic OH excluding ortho intramolecular Hbond substituents is 1. The van der Waals surface area contributed by atoms with Gasteiger partial charge in [0.15, 0.2) is 23.0 Å². The molecule has 0 saturated carbocycles. The van der Waals surface area contributed by atoms with Crippen LogP contribution < -0.4 is 19.2 Å². The van der Waals surface area contributed by atoms with Gasteiger partial charge in [0.2, 0.25) is 12.5 Å². The van der Waals surface area contributed by atoms with Gasteiger partial charge in [0.05, 0.1) is 50.8 Å². The van der Waals surface area contributed by atoms with Crippen molar-refractivity contribution < 1.29 is 38.7 Å². The second-order valence-corrected chi connectivity index (χ2v) is 8.89. The summed E-state index contributed by atoms with van der Waals surface area (Å²) in [7, 11) is 4.53. The van der Waals surface area contributed by atoms with Crippen LogP contribution in [0.5, 0.6) is 23.0 Å². The molecule has 0 spiro atoms. The Bertz CT molecular complexity index is 1490. The summed E-state index contributed by atoms with van der Waals surface area (Å²) in [4.78, 5) is 12.9. The van der Waals surface area contributed by atoms with E-state index in [1.54, 1.807) is 41.4 Å². The second kappa shape index (κ2) is 8.91. The van der Waals surface area contributed by atoms with Gasteiger partial charge in [0, 0.05) is 11.1 Å². The molecule has 10 heteroatoms. The van der Waals surface area contributed by atoms with Gasteiger partial charge in [-0.2, -0.15) is 5.10 Å². The molecule has 194 valence electrons. The third kappa shape index (κ3) is 3.56. The van der Waals surface area contributed by atoms with E-state index in [4.69, 9.17) is 28.8 Å². The second-order valence-electron chi connectivity index (χ2n) is 8.89. The molecule has 1 unspecified atom stereocenters. The Morgan fingerprint density at radius 1 is 1.03 bits per heavy atom. The van der Waals surface area contributed by atoms with Crippen LogP contribution in [0.4, 0.5) is 5.69 Å². The molecular formula is C28H24N2O8. The number of rotatable bonds is 6. The molecule has 1 saturated heterocycles. The van der Waals surface area contributed by atoms with Crippen molar-refractivity contribution in [1.82, 2.24) is 0 Å². The molecule has 1 atom stereocenters. The first-order chi connectivity index (χ1) is 18.4.